The van der Waals surface area contributed by atoms with Gasteiger partial charge in [-0.1, -0.05) is 19.1 Å². The van der Waals surface area contributed by atoms with Gasteiger partial charge in [-0.05, 0) is 18.6 Å². The van der Waals surface area contributed by atoms with Crippen LogP contribution in [-0.4, -0.2) is 29.8 Å². The van der Waals surface area contributed by atoms with Crippen LogP contribution in [0.15, 0.2) is 24.3 Å². The molecule has 0 aliphatic carbocycles. The van der Waals surface area contributed by atoms with Crippen molar-refractivity contribution in [2.45, 2.75) is 13.3 Å². The Labute approximate surface area is 106 Å². The molecule has 18 heavy (non-hydrogen) atoms. The minimum atomic E-state index is 0.309. The monoisotopic (exact) mass is 247 g/mol. The van der Waals surface area contributed by atoms with Gasteiger partial charge in [0.2, 0.25) is 0 Å². The van der Waals surface area contributed by atoms with Crippen LogP contribution in [0.3, 0.4) is 0 Å². The van der Waals surface area contributed by atoms with Crippen LogP contribution in [0.4, 0.5) is 5.82 Å². The fraction of sp³-hybridized carbons (Fsp3) is 0.385. The van der Waals surface area contributed by atoms with Gasteiger partial charge in [0.25, 0.3) is 5.88 Å². The molecule has 0 atom stereocenters. The van der Waals surface area contributed by atoms with Crippen LogP contribution in [0, 0.1) is 0 Å². The van der Waals surface area contributed by atoms with Gasteiger partial charge in [-0.25, -0.2) is 9.97 Å². The highest BCUT2D eigenvalue weighted by Gasteiger charge is 2.06. The van der Waals surface area contributed by atoms with Crippen LogP contribution in [0.1, 0.15) is 13.3 Å². The number of fused-ring (bicyclic) bond motifs is 1. The van der Waals surface area contributed by atoms with Gasteiger partial charge in [0.1, 0.15) is 6.61 Å². The van der Waals surface area contributed by atoms with Gasteiger partial charge in [0, 0.05) is 6.61 Å². The number of nitrogens with two attached hydrogens (primary N) is 1. The van der Waals surface area contributed by atoms with Crippen molar-refractivity contribution in [3.63, 3.8) is 0 Å². The lowest BCUT2D eigenvalue weighted by Gasteiger charge is -2.08. The molecule has 1 heterocycles. The third kappa shape index (κ3) is 3.07. The Balaban J connectivity index is 2.01. The minimum absolute atomic E-state index is 0.309. The molecule has 1 aromatic carbocycles. The normalized spacial score (nSPS) is 10.7. The topological polar surface area (TPSA) is 70.3 Å². The fourth-order valence-electron chi connectivity index (χ4n) is 1.55. The number of hydrogen-bond acceptors (Lipinski definition) is 5. The molecule has 0 saturated carbocycles. The lowest BCUT2D eigenvalue weighted by Crippen LogP contribution is -2.10. The van der Waals surface area contributed by atoms with E-state index >= 15 is 0 Å². The number of aromatic nitrogens is 2. The molecular formula is C13H17N3O2. The maximum absolute atomic E-state index is 5.79. The number of anilines is 1. The second-order valence-electron chi connectivity index (χ2n) is 3.86. The summed E-state index contributed by atoms with van der Waals surface area (Å²) in [4.78, 5) is 8.57. The molecule has 0 unspecified atom stereocenters. The van der Waals surface area contributed by atoms with E-state index in [0.29, 0.717) is 24.9 Å². The van der Waals surface area contributed by atoms with Crippen molar-refractivity contribution in [1.82, 2.24) is 9.97 Å². The smallest absolute Gasteiger partial charge is 0.257 e. The van der Waals surface area contributed by atoms with Crippen LogP contribution < -0.4 is 10.5 Å². The Bertz CT molecular complexity index is 517. The highest BCUT2D eigenvalue weighted by atomic mass is 16.5. The number of benzene rings is 1. The first-order valence-corrected chi connectivity index (χ1v) is 6.04. The van der Waals surface area contributed by atoms with Crippen molar-refractivity contribution in [3.8, 4) is 5.88 Å². The molecule has 5 nitrogen and oxygen atoms in total. The van der Waals surface area contributed by atoms with E-state index in [2.05, 4.69) is 16.9 Å². The van der Waals surface area contributed by atoms with Crippen LogP contribution in [-0.2, 0) is 4.74 Å². The van der Waals surface area contributed by atoms with Crippen LogP contribution in [0.5, 0.6) is 5.88 Å². The molecule has 96 valence electrons. The molecule has 0 saturated heterocycles. The van der Waals surface area contributed by atoms with Gasteiger partial charge in [0.05, 0.1) is 17.6 Å². The first-order valence-electron chi connectivity index (χ1n) is 6.04. The van der Waals surface area contributed by atoms with Gasteiger partial charge >= 0.3 is 0 Å². The molecule has 5 heteroatoms. The number of ether oxygens (including phenoxy) is 2. The summed E-state index contributed by atoms with van der Waals surface area (Å²) in [6.07, 6.45) is 0.998. The van der Waals surface area contributed by atoms with E-state index in [1.165, 1.54) is 0 Å². The van der Waals surface area contributed by atoms with Crippen molar-refractivity contribution in [2.24, 2.45) is 0 Å². The molecule has 0 fully saturated rings. The molecular weight excluding hydrogens is 230 g/mol. The fourth-order valence-corrected chi connectivity index (χ4v) is 1.55. The maximum Gasteiger partial charge on any atom is 0.257 e. The summed E-state index contributed by atoms with van der Waals surface area (Å²) in [6.45, 7) is 3.76. The molecule has 0 aliphatic rings. The van der Waals surface area contributed by atoms with Crippen molar-refractivity contribution in [3.05, 3.63) is 24.3 Å². The zero-order valence-corrected chi connectivity index (χ0v) is 10.4. The van der Waals surface area contributed by atoms with Crippen molar-refractivity contribution < 1.29 is 9.47 Å². The average molecular weight is 247 g/mol. The Kier molecular flexibility index (Phi) is 4.30. The minimum Gasteiger partial charge on any atom is -0.473 e. The summed E-state index contributed by atoms with van der Waals surface area (Å²) in [6, 6.07) is 7.55. The molecule has 0 amide bonds. The Hall–Kier alpha value is -1.88. The van der Waals surface area contributed by atoms with Gasteiger partial charge < -0.3 is 15.2 Å². The molecule has 0 aliphatic heterocycles. The standard InChI is InChI=1S/C13H17N3O2/c1-2-7-17-8-9-18-13-12(14)15-10-5-3-4-6-11(10)16-13/h3-6H,2,7-9H2,1H3,(H2,14,15). The summed E-state index contributed by atoms with van der Waals surface area (Å²) in [7, 11) is 0. The van der Waals surface area contributed by atoms with E-state index in [-0.39, 0.29) is 0 Å². The van der Waals surface area contributed by atoms with E-state index in [1.807, 2.05) is 24.3 Å². The summed E-state index contributed by atoms with van der Waals surface area (Å²) in [5.41, 5.74) is 7.33. The highest BCUT2D eigenvalue weighted by molar-refractivity contribution is 5.76. The molecule has 2 N–H and O–H groups in total. The summed E-state index contributed by atoms with van der Waals surface area (Å²) >= 11 is 0. The number of rotatable bonds is 6. The Morgan fingerprint density at radius 3 is 2.50 bits per heavy atom. The van der Waals surface area contributed by atoms with Crippen molar-refractivity contribution in [2.75, 3.05) is 25.6 Å². The number of hydrogen-bond donors (Lipinski definition) is 1. The van der Waals surface area contributed by atoms with Crippen LogP contribution in [0.25, 0.3) is 11.0 Å². The predicted molar refractivity (Wildman–Crippen MR) is 70.6 cm³/mol. The van der Waals surface area contributed by atoms with Gasteiger partial charge in [-0.2, -0.15) is 0 Å². The van der Waals surface area contributed by atoms with Crippen molar-refractivity contribution >= 4 is 16.9 Å². The third-order valence-corrected chi connectivity index (χ3v) is 2.38. The molecule has 0 spiro atoms. The summed E-state index contributed by atoms with van der Waals surface area (Å²) in [5, 5.41) is 0. The maximum atomic E-state index is 5.79. The average Bonchev–Trinajstić information content (AvgIpc) is 2.39. The van der Waals surface area contributed by atoms with E-state index in [1.54, 1.807) is 0 Å². The van der Waals surface area contributed by atoms with E-state index in [9.17, 15) is 0 Å². The molecule has 0 bridgehead atoms. The van der Waals surface area contributed by atoms with Crippen molar-refractivity contribution in [1.29, 1.82) is 0 Å². The zero-order valence-electron chi connectivity index (χ0n) is 10.4. The van der Waals surface area contributed by atoms with Gasteiger partial charge in [-0.15, -0.1) is 0 Å². The molecule has 2 aromatic rings. The van der Waals surface area contributed by atoms with Crippen LogP contribution in [0.2, 0.25) is 0 Å². The SMILES string of the molecule is CCCOCCOc1nc2ccccc2nc1N. The largest absolute Gasteiger partial charge is 0.473 e. The predicted octanol–water partition coefficient (Wildman–Crippen LogP) is 2.02. The molecule has 2 rings (SSSR count). The second-order valence-corrected chi connectivity index (χ2v) is 3.86. The summed E-state index contributed by atoms with van der Waals surface area (Å²) < 4.78 is 10.8. The highest BCUT2D eigenvalue weighted by Crippen LogP contribution is 2.20. The van der Waals surface area contributed by atoms with E-state index in [4.69, 9.17) is 15.2 Å². The number of para-hydroxylation sites is 2. The zero-order chi connectivity index (χ0) is 12.8. The third-order valence-electron chi connectivity index (χ3n) is 2.38. The summed E-state index contributed by atoms with van der Waals surface area (Å²) in [5.74, 6) is 0.679. The lowest BCUT2D eigenvalue weighted by atomic mass is 10.3. The quantitative estimate of drug-likeness (QED) is 0.791. The van der Waals surface area contributed by atoms with E-state index < -0.39 is 0 Å². The first-order chi connectivity index (χ1) is 8.81. The Morgan fingerprint density at radius 1 is 1.06 bits per heavy atom. The number of nitrogens with zero attached hydrogens (tertiary/aromatic N) is 2. The first kappa shape index (κ1) is 12.6. The number of nitrogen functional groups attached to an aromatic ring is 1. The van der Waals surface area contributed by atoms with Gasteiger partial charge in [-0.3, -0.25) is 0 Å². The van der Waals surface area contributed by atoms with Crippen LogP contribution >= 0.6 is 0 Å². The second kappa shape index (κ2) is 6.16. The van der Waals surface area contributed by atoms with Gasteiger partial charge in [0.15, 0.2) is 5.82 Å². The Morgan fingerprint density at radius 2 is 1.78 bits per heavy atom. The van der Waals surface area contributed by atoms with E-state index in [0.717, 1.165) is 24.1 Å². The molecule has 0 radical (unpaired) electrons. The lowest BCUT2D eigenvalue weighted by molar-refractivity contribution is 0.0993. The molecule has 1 aromatic heterocycles.